The standard InChI is InChI=1S/C17H11Cl2NO/c18-14-6-3-7-15(16(14)19)20-10-12-9-8-11-4-1-2-5-13(11)17(12)21/h1-10,21H. The van der Waals surface area contributed by atoms with Gasteiger partial charge >= 0.3 is 0 Å². The molecule has 0 fully saturated rings. The Labute approximate surface area is 132 Å². The first-order valence-electron chi connectivity index (χ1n) is 6.35. The first kappa shape index (κ1) is 13.9. The van der Waals surface area contributed by atoms with Crippen LogP contribution in [0.4, 0.5) is 5.69 Å². The molecule has 0 amide bonds. The van der Waals surface area contributed by atoms with E-state index in [0.29, 0.717) is 21.3 Å². The Morgan fingerprint density at radius 2 is 1.71 bits per heavy atom. The van der Waals surface area contributed by atoms with Gasteiger partial charge in [0.05, 0.1) is 15.7 Å². The van der Waals surface area contributed by atoms with Crippen LogP contribution in [0.3, 0.4) is 0 Å². The van der Waals surface area contributed by atoms with Gasteiger partial charge in [0.1, 0.15) is 5.75 Å². The van der Waals surface area contributed by atoms with Crippen molar-refractivity contribution in [3.05, 3.63) is 70.2 Å². The Bertz CT molecular complexity index is 843. The summed E-state index contributed by atoms with van der Waals surface area (Å²) in [6, 6.07) is 16.6. The maximum atomic E-state index is 10.3. The summed E-state index contributed by atoms with van der Waals surface area (Å²) in [4.78, 5) is 4.30. The van der Waals surface area contributed by atoms with Crippen molar-refractivity contribution in [2.24, 2.45) is 4.99 Å². The molecule has 0 saturated carbocycles. The minimum Gasteiger partial charge on any atom is -0.507 e. The third kappa shape index (κ3) is 2.73. The molecule has 1 N–H and O–H groups in total. The molecule has 0 bridgehead atoms. The molecule has 4 heteroatoms. The summed E-state index contributed by atoms with van der Waals surface area (Å²) in [5.41, 5.74) is 1.20. The summed E-state index contributed by atoms with van der Waals surface area (Å²) in [5, 5.41) is 12.9. The predicted octanol–water partition coefficient (Wildman–Crippen LogP) is 5.60. The number of aliphatic imine (C=N–C) groups is 1. The minimum absolute atomic E-state index is 0.204. The van der Waals surface area contributed by atoms with Crippen LogP contribution in [0, 0.1) is 0 Å². The highest BCUT2D eigenvalue weighted by Crippen LogP contribution is 2.32. The summed E-state index contributed by atoms with van der Waals surface area (Å²) in [7, 11) is 0. The lowest BCUT2D eigenvalue weighted by Crippen LogP contribution is -1.84. The second kappa shape index (κ2) is 5.76. The number of benzene rings is 3. The maximum Gasteiger partial charge on any atom is 0.132 e. The van der Waals surface area contributed by atoms with Crippen LogP contribution in [-0.2, 0) is 0 Å². The van der Waals surface area contributed by atoms with Gasteiger partial charge in [-0.15, -0.1) is 0 Å². The molecule has 0 aliphatic rings. The normalized spacial score (nSPS) is 11.3. The lowest BCUT2D eigenvalue weighted by atomic mass is 10.1. The van der Waals surface area contributed by atoms with Crippen molar-refractivity contribution in [3.8, 4) is 5.75 Å². The fraction of sp³-hybridized carbons (Fsp3) is 0. The van der Waals surface area contributed by atoms with Crippen LogP contribution >= 0.6 is 23.2 Å². The van der Waals surface area contributed by atoms with E-state index in [1.54, 1.807) is 24.4 Å². The molecule has 0 radical (unpaired) electrons. The molecule has 3 aromatic rings. The topological polar surface area (TPSA) is 32.6 Å². The Hall–Kier alpha value is -2.03. The summed E-state index contributed by atoms with van der Waals surface area (Å²) in [5.74, 6) is 0.204. The van der Waals surface area contributed by atoms with Crippen molar-refractivity contribution in [3.63, 3.8) is 0 Å². The molecular weight excluding hydrogens is 305 g/mol. The van der Waals surface area contributed by atoms with Crippen molar-refractivity contribution in [2.75, 3.05) is 0 Å². The Morgan fingerprint density at radius 3 is 2.57 bits per heavy atom. The second-order valence-electron chi connectivity index (χ2n) is 4.56. The molecule has 0 atom stereocenters. The van der Waals surface area contributed by atoms with E-state index in [1.807, 2.05) is 36.4 Å². The average molecular weight is 316 g/mol. The van der Waals surface area contributed by atoms with E-state index in [0.717, 1.165) is 10.8 Å². The number of hydrogen-bond acceptors (Lipinski definition) is 2. The van der Waals surface area contributed by atoms with Gasteiger partial charge in [-0.25, -0.2) is 0 Å². The first-order valence-corrected chi connectivity index (χ1v) is 7.11. The zero-order chi connectivity index (χ0) is 14.8. The van der Waals surface area contributed by atoms with Crippen molar-refractivity contribution in [1.29, 1.82) is 0 Å². The Morgan fingerprint density at radius 1 is 0.905 bits per heavy atom. The lowest BCUT2D eigenvalue weighted by Gasteiger charge is -2.04. The highest BCUT2D eigenvalue weighted by Gasteiger charge is 2.05. The summed E-state index contributed by atoms with van der Waals surface area (Å²) >= 11 is 12.0. The summed E-state index contributed by atoms with van der Waals surface area (Å²) in [6.45, 7) is 0. The number of fused-ring (bicyclic) bond motifs is 1. The van der Waals surface area contributed by atoms with Crippen LogP contribution in [0.1, 0.15) is 5.56 Å². The van der Waals surface area contributed by atoms with E-state index in [4.69, 9.17) is 23.2 Å². The van der Waals surface area contributed by atoms with E-state index >= 15 is 0 Å². The van der Waals surface area contributed by atoms with Crippen LogP contribution < -0.4 is 0 Å². The number of hydrogen-bond donors (Lipinski definition) is 1. The molecule has 21 heavy (non-hydrogen) atoms. The molecule has 2 nitrogen and oxygen atoms in total. The molecule has 0 aliphatic heterocycles. The number of phenolic OH excluding ortho intramolecular Hbond substituents is 1. The van der Waals surface area contributed by atoms with Gasteiger partial charge in [-0.05, 0) is 23.6 Å². The molecule has 0 heterocycles. The van der Waals surface area contributed by atoms with Gasteiger partial charge in [-0.2, -0.15) is 0 Å². The number of aromatic hydroxyl groups is 1. The van der Waals surface area contributed by atoms with Gasteiger partial charge in [0.2, 0.25) is 0 Å². The van der Waals surface area contributed by atoms with Crippen molar-refractivity contribution < 1.29 is 5.11 Å². The maximum absolute atomic E-state index is 10.3. The third-order valence-electron chi connectivity index (χ3n) is 3.21. The first-order chi connectivity index (χ1) is 10.2. The van der Waals surface area contributed by atoms with Crippen LogP contribution in [0.15, 0.2) is 59.6 Å². The number of halogens is 2. The minimum atomic E-state index is 0.204. The fourth-order valence-electron chi connectivity index (χ4n) is 2.11. The smallest absolute Gasteiger partial charge is 0.132 e. The van der Waals surface area contributed by atoms with E-state index in [2.05, 4.69) is 4.99 Å². The highest BCUT2D eigenvalue weighted by molar-refractivity contribution is 6.43. The molecule has 0 spiro atoms. The van der Waals surface area contributed by atoms with Crippen LogP contribution in [-0.4, -0.2) is 11.3 Å². The monoisotopic (exact) mass is 315 g/mol. The van der Waals surface area contributed by atoms with Crippen LogP contribution in [0.25, 0.3) is 10.8 Å². The number of phenols is 1. The van der Waals surface area contributed by atoms with Crippen molar-refractivity contribution in [2.45, 2.75) is 0 Å². The lowest BCUT2D eigenvalue weighted by molar-refractivity contribution is 0.481. The fourth-order valence-corrected chi connectivity index (χ4v) is 2.45. The SMILES string of the molecule is Oc1c(C=Nc2cccc(Cl)c2Cl)ccc2ccccc12. The quantitative estimate of drug-likeness (QED) is 0.613. The van der Waals surface area contributed by atoms with Crippen LogP contribution in [0.5, 0.6) is 5.75 Å². The van der Waals surface area contributed by atoms with Gasteiger partial charge in [-0.3, -0.25) is 4.99 Å². The molecule has 104 valence electrons. The van der Waals surface area contributed by atoms with Gasteiger partial charge in [0.25, 0.3) is 0 Å². The zero-order valence-corrected chi connectivity index (χ0v) is 12.4. The molecule has 3 rings (SSSR count). The molecular formula is C17H11Cl2NO. The molecule has 0 saturated heterocycles. The molecule has 0 aliphatic carbocycles. The highest BCUT2D eigenvalue weighted by atomic mass is 35.5. The van der Waals surface area contributed by atoms with Gasteiger partial charge in [0.15, 0.2) is 0 Å². The van der Waals surface area contributed by atoms with E-state index in [1.165, 1.54) is 0 Å². The average Bonchev–Trinajstić information content (AvgIpc) is 2.51. The Kier molecular flexibility index (Phi) is 3.82. The largest absolute Gasteiger partial charge is 0.507 e. The third-order valence-corrected chi connectivity index (χ3v) is 4.01. The van der Waals surface area contributed by atoms with Gasteiger partial charge in [0, 0.05) is 17.2 Å². The second-order valence-corrected chi connectivity index (χ2v) is 5.34. The Balaban J connectivity index is 2.04. The van der Waals surface area contributed by atoms with E-state index < -0.39 is 0 Å². The van der Waals surface area contributed by atoms with E-state index in [9.17, 15) is 5.11 Å². The zero-order valence-electron chi connectivity index (χ0n) is 10.9. The molecule has 0 aromatic heterocycles. The van der Waals surface area contributed by atoms with Crippen LogP contribution in [0.2, 0.25) is 10.0 Å². The summed E-state index contributed by atoms with van der Waals surface area (Å²) in [6.07, 6.45) is 1.58. The number of rotatable bonds is 2. The van der Waals surface area contributed by atoms with Gasteiger partial charge < -0.3 is 5.11 Å². The number of nitrogens with zero attached hydrogens (tertiary/aromatic N) is 1. The molecule has 0 unspecified atom stereocenters. The van der Waals surface area contributed by atoms with Crippen molar-refractivity contribution in [1.82, 2.24) is 0 Å². The van der Waals surface area contributed by atoms with E-state index in [-0.39, 0.29) is 5.75 Å². The van der Waals surface area contributed by atoms with Crippen molar-refractivity contribution >= 4 is 45.9 Å². The molecule has 3 aromatic carbocycles. The van der Waals surface area contributed by atoms with Gasteiger partial charge in [-0.1, -0.05) is 59.6 Å². The predicted molar refractivity (Wildman–Crippen MR) is 89.3 cm³/mol. The summed E-state index contributed by atoms with van der Waals surface area (Å²) < 4.78 is 0.